The van der Waals surface area contributed by atoms with Gasteiger partial charge in [-0.15, -0.1) is 11.3 Å². The Labute approximate surface area is 107 Å². The molecule has 2 atom stereocenters. The molecule has 0 saturated carbocycles. The summed E-state index contributed by atoms with van der Waals surface area (Å²) in [6.45, 7) is 6.21. The fourth-order valence-electron chi connectivity index (χ4n) is 1.76. The molecule has 0 aliphatic carbocycles. The van der Waals surface area contributed by atoms with Crippen molar-refractivity contribution in [3.63, 3.8) is 0 Å². The Morgan fingerprint density at radius 3 is 2.71 bits per heavy atom. The largest absolute Gasteiger partial charge is 0.347 e. The molecule has 0 bridgehead atoms. The molecule has 3 N–H and O–H groups in total. The van der Waals surface area contributed by atoms with E-state index in [9.17, 15) is 4.79 Å². The minimum absolute atomic E-state index is 0.0426. The molecule has 1 rings (SSSR count). The highest BCUT2D eigenvalue weighted by atomic mass is 32.1. The fraction of sp³-hybridized carbons (Fsp3) is 0.615. The van der Waals surface area contributed by atoms with Gasteiger partial charge in [-0.3, -0.25) is 4.79 Å². The quantitative estimate of drug-likeness (QED) is 0.820. The molecule has 0 aliphatic heterocycles. The first kappa shape index (κ1) is 14.2. The van der Waals surface area contributed by atoms with Crippen molar-refractivity contribution in [1.29, 1.82) is 0 Å². The summed E-state index contributed by atoms with van der Waals surface area (Å²) in [6.07, 6.45) is 1.62. The normalized spacial score (nSPS) is 14.6. The molecule has 0 spiro atoms. The number of thiophene rings is 1. The molecule has 1 heterocycles. The van der Waals surface area contributed by atoms with Crippen molar-refractivity contribution in [3.05, 3.63) is 22.4 Å². The molecular weight excluding hydrogens is 232 g/mol. The minimum atomic E-state index is -0.399. The molecule has 1 aromatic rings. The highest BCUT2D eigenvalue weighted by Gasteiger charge is 2.19. The van der Waals surface area contributed by atoms with E-state index in [-0.39, 0.29) is 11.9 Å². The van der Waals surface area contributed by atoms with Gasteiger partial charge in [0.25, 0.3) is 0 Å². The van der Waals surface area contributed by atoms with Gasteiger partial charge in [-0.1, -0.05) is 26.8 Å². The average Bonchev–Trinajstić information content (AvgIpc) is 2.77. The van der Waals surface area contributed by atoms with Crippen molar-refractivity contribution in [2.45, 2.75) is 45.7 Å². The Bertz CT molecular complexity index is 335. The molecule has 1 unspecified atom stereocenters. The Kier molecular flexibility index (Phi) is 5.65. The molecule has 4 heteroatoms. The van der Waals surface area contributed by atoms with E-state index in [1.807, 2.05) is 17.5 Å². The number of nitrogens with one attached hydrogen (secondary N) is 1. The average molecular weight is 254 g/mol. The van der Waals surface area contributed by atoms with Gasteiger partial charge >= 0.3 is 0 Å². The molecule has 0 fully saturated rings. The van der Waals surface area contributed by atoms with Gasteiger partial charge in [0.2, 0.25) is 5.91 Å². The minimum Gasteiger partial charge on any atom is -0.347 e. The molecule has 0 aliphatic rings. The third kappa shape index (κ3) is 4.48. The SMILES string of the molecule is CCC(NC(=O)[C@H](N)CC(C)C)c1cccs1. The highest BCUT2D eigenvalue weighted by molar-refractivity contribution is 7.10. The zero-order chi connectivity index (χ0) is 12.8. The predicted octanol–water partition coefficient (Wildman–Crippen LogP) is 2.69. The van der Waals surface area contributed by atoms with Gasteiger partial charge in [0.1, 0.15) is 0 Å². The lowest BCUT2D eigenvalue weighted by Gasteiger charge is -2.19. The maximum absolute atomic E-state index is 11.9. The van der Waals surface area contributed by atoms with Crippen molar-refractivity contribution >= 4 is 17.2 Å². The lowest BCUT2D eigenvalue weighted by atomic mass is 10.0. The van der Waals surface area contributed by atoms with Crippen LogP contribution in [0.4, 0.5) is 0 Å². The summed E-state index contributed by atoms with van der Waals surface area (Å²) < 4.78 is 0. The summed E-state index contributed by atoms with van der Waals surface area (Å²) >= 11 is 1.67. The van der Waals surface area contributed by atoms with Crippen LogP contribution in [0.3, 0.4) is 0 Å². The van der Waals surface area contributed by atoms with Gasteiger partial charge in [0.05, 0.1) is 12.1 Å². The highest BCUT2D eigenvalue weighted by Crippen LogP contribution is 2.21. The maximum atomic E-state index is 11.9. The van der Waals surface area contributed by atoms with Crippen LogP contribution >= 0.6 is 11.3 Å². The molecule has 0 saturated heterocycles. The second-order valence-electron chi connectivity index (χ2n) is 4.72. The number of rotatable bonds is 6. The summed E-state index contributed by atoms with van der Waals surface area (Å²) in [4.78, 5) is 13.1. The van der Waals surface area contributed by atoms with E-state index in [4.69, 9.17) is 5.73 Å². The molecule has 17 heavy (non-hydrogen) atoms. The van der Waals surface area contributed by atoms with Gasteiger partial charge in [0.15, 0.2) is 0 Å². The Balaban J connectivity index is 2.54. The van der Waals surface area contributed by atoms with Crippen molar-refractivity contribution < 1.29 is 4.79 Å². The van der Waals surface area contributed by atoms with Gasteiger partial charge < -0.3 is 11.1 Å². The van der Waals surface area contributed by atoms with Crippen LogP contribution < -0.4 is 11.1 Å². The van der Waals surface area contributed by atoms with E-state index < -0.39 is 6.04 Å². The molecular formula is C13H22N2OS. The zero-order valence-corrected chi connectivity index (χ0v) is 11.6. The molecule has 0 aromatic carbocycles. The van der Waals surface area contributed by atoms with Gasteiger partial charge in [-0.25, -0.2) is 0 Å². The Morgan fingerprint density at radius 2 is 2.24 bits per heavy atom. The summed E-state index contributed by atoms with van der Waals surface area (Å²) in [5.41, 5.74) is 5.87. The van der Waals surface area contributed by atoms with E-state index in [0.29, 0.717) is 5.92 Å². The Hall–Kier alpha value is -0.870. The van der Waals surface area contributed by atoms with Crippen LogP contribution in [0.1, 0.15) is 44.5 Å². The number of carbonyl (C=O) groups excluding carboxylic acids is 1. The predicted molar refractivity (Wildman–Crippen MR) is 72.9 cm³/mol. The summed E-state index contributed by atoms with van der Waals surface area (Å²) in [5.74, 6) is 0.400. The molecule has 0 radical (unpaired) electrons. The van der Waals surface area contributed by atoms with E-state index in [2.05, 4.69) is 26.1 Å². The Morgan fingerprint density at radius 1 is 1.53 bits per heavy atom. The lowest BCUT2D eigenvalue weighted by Crippen LogP contribution is -2.42. The number of nitrogens with two attached hydrogens (primary N) is 1. The van der Waals surface area contributed by atoms with Gasteiger partial charge in [-0.2, -0.15) is 0 Å². The third-order valence-electron chi connectivity index (χ3n) is 2.67. The van der Waals surface area contributed by atoms with Crippen molar-refractivity contribution in [1.82, 2.24) is 5.32 Å². The van der Waals surface area contributed by atoms with Crippen LogP contribution in [0, 0.1) is 5.92 Å². The zero-order valence-electron chi connectivity index (χ0n) is 10.8. The lowest BCUT2D eigenvalue weighted by molar-refractivity contribution is -0.123. The van der Waals surface area contributed by atoms with Crippen LogP contribution in [-0.4, -0.2) is 11.9 Å². The van der Waals surface area contributed by atoms with Gasteiger partial charge in [0, 0.05) is 4.88 Å². The van der Waals surface area contributed by atoms with Crippen molar-refractivity contribution in [2.75, 3.05) is 0 Å². The standard InChI is InChI=1S/C13H22N2OS/c1-4-11(12-6-5-7-17-12)15-13(16)10(14)8-9(2)3/h5-7,9-11H,4,8,14H2,1-3H3,(H,15,16)/t10-,11?/m1/s1. The molecule has 1 aromatic heterocycles. The van der Waals surface area contributed by atoms with Crippen molar-refractivity contribution in [2.24, 2.45) is 11.7 Å². The number of hydrogen-bond donors (Lipinski definition) is 2. The molecule has 3 nitrogen and oxygen atoms in total. The first-order valence-corrected chi connectivity index (χ1v) is 7.01. The van der Waals surface area contributed by atoms with Gasteiger partial charge in [-0.05, 0) is 30.2 Å². The topological polar surface area (TPSA) is 55.1 Å². The van der Waals surface area contributed by atoms with Crippen molar-refractivity contribution in [3.8, 4) is 0 Å². The van der Waals surface area contributed by atoms with Crippen LogP contribution in [-0.2, 0) is 4.79 Å². The smallest absolute Gasteiger partial charge is 0.237 e. The second-order valence-corrected chi connectivity index (χ2v) is 5.70. The van der Waals surface area contributed by atoms with E-state index in [1.165, 1.54) is 4.88 Å². The fourth-order valence-corrected chi connectivity index (χ4v) is 2.62. The first-order chi connectivity index (χ1) is 8.04. The van der Waals surface area contributed by atoms with Crippen LogP contribution in [0.5, 0.6) is 0 Å². The van der Waals surface area contributed by atoms with Crippen LogP contribution in [0.2, 0.25) is 0 Å². The summed E-state index contributed by atoms with van der Waals surface area (Å²) in [6, 6.07) is 3.75. The first-order valence-electron chi connectivity index (χ1n) is 6.14. The number of hydrogen-bond acceptors (Lipinski definition) is 3. The molecule has 1 amide bonds. The maximum Gasteiger partial charge on any atom is 0.237 e. The molecule has 96 valence electrons. The summed E-state index contributed by atoms with van der Waals surface area (Å²) in [5, 5.41) is 5.05. The number of amides is 1. The van der Waals surface area contributed by atoms with E-state index >= 15 is 0 Å². The van der Waals surface area contributed by atoms with Crippen LogP contribution in [0.15, 0.2) is 17.5 Å². The van der Waals surface area contributed by atoms with E-state index in [1.54, 1.807) is 11.3 Å². The monoisotopic (exact) mass is 254 g/mol. The second kappa shape index (κ2) is 6.77. The van der Waals surface area contributed by atoms with E-state index in [0.717, 1.165) is 12.8 Å². The van der Waals surface area contributed by atoms with Crippen LogP contribution in [0.25, 0.3) is 0 Å². The third-order valence-corrected chi connectivity index (χ3v) is 3.66. The number of carbonyl (C=O) groups is 1. The summed E-state index contributed by atoms with van der Waals surface area (Å²) in [7, 11) is 0.